The van der Waals surface area contributed by atoms with Crippen LogP contribution in [0.15, 0.2) is 115 Å². The SMILES string of the molecule is CCCOc1ccccc1C1C(C#N)=C(N)Oc2cc(OC(=O)C(c3ccccc3)c3ccccc3)ccc21. The summed E-state index contributed by atoms with van der Waals surface area (Å²) in [5, 5.41) is 9.96. The van der Waals surface area contributed by atoms with Crippen molar-refractivity contribution in [2.75, 3.05) is 6.61 Å². The molecule has 1 atom stereocenters. The van der Waals surface area contributed by atoms with Crippen LogP contribution in [0.1, 0.15) is 47.4 Å². The van der Waals surface area contributed by atoms with Crippen LogP contribution in [0.25, 0.3) is 0 Å². The summed E-state index contributed by atoms with van der Waals surface area (Å²) < 4.78 is 17.7. The maximum atomic E-state index is 13.5. The molecule has 1 unspecified atom stereocenters. The van der Waals surface area contributed by atoms with E-state index in [1.165, 1.54) is 0 Å². The Labute approximate surface area is 227 Å². The quantitative estimate of drug-likeness (QED) is 0.214. The third-order valence-electron chi connectivity index (χ3n) is 6.60. The molecule has 0 aromatic heterocycles. The Bertz CT molecular complexity index is 1500. The van der Waals surface area contributed by atoms with Gasteiger partial charge in [0.15, 0.2) is 0 Å². The van der Waals surface area contributed by atoms with Crippen molar-refractivity contribution in [3.63, 3.8) is 0 Å². The Balaban J connectivity index is 1.50. The third-order valence-corrected chi connectivity index (χ3v) is 6.60. The summed E-state index contributed by atoms with van der Waals surface area (Å²) in [7, 11) is 0. The Morgan fingerprint density at radius 1 is 0.923 bits per heavy atom. The Morgan fingerprint density at radius 2 is 1.56 bits per heavy atom. The van der Waals surface area contributed by atoms with Gasteiger partial charge in [-0.2, -0.15) is 5.26 Å². The maximum Gasteiger partial charge on any atom is 0.323 e. The van der Waals surface area contributed by atoms with Crippen molar-refractivity contribution in [2.45, 2.75) is 25.2 Å². The fourth-order valence-electron chi connectivity index (χ4n) is 4.81. The normalized spacial score (nSPS) is 14.2. The smallest absolute Gasteiger partial charge is 0.323 e. The molecule has 1 heterocycles. The lowest BCUT2D eigenvalue weighted by Gasteiger charge is -2.28. The van der Waals surface area contributed by atoms with Crippen LogP contribution >= 0.6 is 0 Å². The molecule has 1 aliphatic rings. The second kappa shape index (κ2) is 11.6. The van der Waals surface area contributed by atoms with Gasteiger partial charge in [-0.3, -0.25) is 4.79 Å². The zero-order chi connectivity index (χ0) is 27.2. The molecule has 6 nitrogen and oxygen atoms in total. The van der Waals surface area contributed by atoms with Gasteiger partial charge in [0.25, 0.3) is 0 Å². The van der Waals surface area contributed by atoms with Crippen LogP contribution in [0.2, 0.25) is 0 Å². The molecule has 39 heavy (non-hydrogen) atoms. The van der Waals surface area contributed by atoms with Crippen molar-refractivity contribution in [2.24, 2.45) is 5.73 Å². The highest BCUT2D eigenvalue weighted by Gasteiger charge is 2.33. The highest BCUT2D eigenvalue weighted by atomic mass is 16.5. The van der Waals surface area contributed by atoms with Crippen LogP contribution in [0.3, 0.4) is 0 Å². The number of fused-ring (bicyclic) bond motifs is 1. The molecule has 0 radical (unpaired) electrons. The minimum Gasteiger partial charge on any atom is -0.493 e. The van der Waals surface area contributed by atoms with E-state index < -0.39 is 17.8 Å². The minimum atomic E-state index is -0.602. The molecule has 0 spiro atoms. The second-order valence-corrected chi connectivity index (χ2v) is 9.19. The van der Waals surface area contributed by atoms with Crippen LogP contribution in [-0.2, 0) is 4.79 Å². The Morgan fingerprint density at radius 3 is 2.21 bits per heavy atom. The maximum absolute atomic E-state index is 13.5. The number of benzene rings is 4. The average molecular weight is 517 g/mol. The fraction of sp³-hybridized carbons (Fsp3) is 0.152. The van der Waals surface area contributed by atoms with Gasteiger partial charge in [0.2, 0.25) is 5.88 Å². The summed E-state index contributed by atoms with van der Waals surface area (Å²) in [6, 6.07) is 34.0. The summed E-state index contributed by atoms with van der Waals surface area (Å²) in [5.41, 5.74) is 9.73. The molecule has 0 aliphatic carbocycles. The second-order valence-electron chi connectivity index (χ2n) is 9.19. The summed E-state index contributed by atoms with van der Waals surface area (Å²) >= 11 is 0. The lowest BCUT2D eigenvalue weighted by atomic mass is 9.83. The van der Waals surface area contributed by atoms with Gasteiger partial charge in [-0.25, -0.2) is 0 Å². The van der Waals surface area contributed by atoms with Crippen molar-refractivity contribution < 1.29 is 19.0 Å². The molecule has 5 rings (SSSR count). The number of nitriles is 1. The topological polar surface area (TPSA) is 94.6 Å². The summed E-state index contributed by atoms with van der Waals surface area (Å²) in [6.45, 7) is 2.58. The predicted molar refractivity (Wildman–Crippen MR) is 148 cm³/mol. The van der Waals surface area contributed by atoms with E-state index in [2.05, 4.69) is 6.07 Å². The molecule has 0 saturated heterocycles. The lowest BCUT2D eigenvalue weighted by Crippen LogP contribution is -2.22. The standard InChI is InChI=1S/C33H28N2O4/c1-2-19-37-28-16-10-9-15-25(28)31-26-18-17-24(20-29(26)39-32(35)27(31)21-34)38-33(36)30(22-11-5-3-6-12-22)23-13-7-4-8-14-23/h3-18,20,30-31H,2,19,35H2,1H3. The van der Waals surface area contributed by atoms with Gasteiger partial charge < -0.3 is 19.9 Å². The highest BCUT2D eigenvalue weighted by molar-refractivity contribution is 5.84. The van der Waals surface area contributed by atoms with E-state index >= 15 is 0 Å². The van der Waals surface area contributed by atoms with E-state index in [9.17, 15) is 10.1 Å². The summed E-state index contributed by atoms with van der Waals surface area (Å²) in [4.78, 5) is 13.5. The number of nitrogens with zero attached hydrogens (tertiary/aromatic N) is 1. The monoisotopic (exact) mass is 516 g/mol. The van der Waals surface area contributed by atoms with Gasteiger partial charge in [0, 0.05) is 17.2 Å². The number of para-hydroxylation sites is 1. The van der Waals surface area contributed by atoms with E-state index in [-0.39, 0.29) is 5.88 Å². The number of carbonyl (C=O) groups excluding carboxylic acids is 1. The zero-order valence-corrected chi connectivity index (χ0v) is 21.5. The molecule has 2 N–H and O–H groups in total. The van der Waals surface area contributed by atoms with Crippen molar-refractivity contribution in [3.8, 4) is 23.3 Å². The third kappa shape index (κ3) is 5.34. The molecule has 1 aliphatic heterocycles. The number of carbonyl (C=O) groups is 1. The largest absolute Gasteiger partial charge is 0.493 e. The van der Waals surface area contributed by atoms with Gasteiger partial charge >= 0.3 is 5.97 Å². The number of ether oxygens (including phenoxy) is 3. The molecule has 0 saturated carbocycles. The molecule has 0 amide bonds. The number of hydrogen-bond donors (Lipinski definition) is 1. The van der Waals surface area contributed by atoms with E-state index in [1.54, 1.807) is 12.1 Å². The first-order valence-corrected chi connectivity index (χ1v) is 12.9. The predicted octanol–water partition coefficient (Wildman–Crippen LogP) is 6.43. The minimum absolute atomic E-state index is 0.00946. The Hall–Kier alpha value is -5.02. The Kier molecular flexibility index (Phi) is 7.60. The molecular formula is C33H28N2O4. The van der Waals surface area contributed by atoms with Crippen molar-refractivity contribution >= 4 is 5.97 Å². The van der Waals surface area contributed by atoms with E-state index in [1.807, 2.05) is 97.9 Å². The highest BCUT2D eigenvalue weighted by Crippen LogP contribution is 2.46. The van der Waals surface area contributed by atoms with E-state index in [0.717, 1.165) is 28.7 Å². The number of allylic oxidation sites excluding steroid dienone is 1. The number of rotatable bonds is 8. The van der Waals surface area contributed by atoms with Gasteiger partial charge in [-0.05, 0) is 29.7 Å². The molecule has 0 bridgehead atoms. The summed E-state index contributed by atoms with van der Waals surface area (Å²) in [5.74, 6) is -0.0785. The van der Waals surface area contributed by atoms with E-state index in [4.69, 9.17) is 19.9 Å². The van der Waals surface area contributed by atoms with E-state index in [0.29, 0.717) is 29.4 Å². The van der Waals surface area contributed by atoms with Gasteiger partial charge in [0.1, 0.15) is 34.8 Å². The molecule has 194 valence electrons. The van der Waals surface area contributed by atoms with Crippen LogP contribution < -0.4 is 19.9 Å². The van der Waals surface area contributed by atoms with Crippen LogP contribution in [0.5, 0.6) is 17.2 Å². The van der Waals surface area contributed by atoms with Crippen LogP contribution in [0.4, 0.5) is 0 Å². The zero-order valence-electron chi connectivity index (χ0n) is 21.5. The molecule has 0 fully saturated rings. The van der Waals surface area contributed by atoms with Gasteiger partial charge in [-0.1, -0.05) is 91.9 Å². The average Bonchev–Trinajstić information content (AvgIpc) is 2.97. The first-order valence-electron chi connectivity index (χ1n) is 12.9. The first-order chi connectivity index (χ1) is 19.1. The summed E-state index contributed by atoms with van der Waals surface area (Å²) in [6.07, 6.45) is 0.851. The molecule has 4 aromatic carbocycles. The lowest BCUT2D eigenvalue weighted by molar-refractivity contribution is -0.135. The van der Waals surface area contributed by atoms with Crippen LogP contribution in [0, 0.1) is 11.3 Å². The molecular weight excluding hydrogens is 488 g/mol. The van der Waals surface area contributed by atoms with Crippen molar-refractivity contribution in [3.05, 3.63) is 137 Å². The number of hydrogen-bond acceptors (Lipinski definition) is 6. The van der Waals surface area contributed by atoms with Crippen LogP contribution in [-0.4, -0.2) is 12.6 Å². The first kappa shape index (κ1) is 25.6. The molecule has 6 heteroatoms. The van der Waals surface area contributed by atoms with Gasteiger partial charge in [0.05, 0.1) is 12.5 Å². The molecule has 4 aromatic rings. The van der Waals surface area contributed by atoms with Gasteiger partial charge in [-0.15, -0.1) is 0 Å². The van der Waals surface area contributed by atoms with Crippen molar-refractivity contribution in [1.29, 1.82) is 5.26 Å². The van der Waals surface area contributed by atoms with Crippen molar-refractivity contribution in [1.82, 2.24) is 0 Å². The fourth-order valence-corrected chi connectivity index (χ4v) is 4.81. The number of nitrogens with two attached hydrogens (primary N) is 1. The number of esters is 1.